The van der Waals surface area contributed by atoms with Crippen LogP contribution in [-0.4, -0.2) is 42.4 Å². The van der Waals surface area contributed by atoms with Gasteiger partial charge in [0.15, 0.2) is 0 Å². The zero-order chi connectivity index (χ0) is 15.9. The molecule has 21 heavy (non-hydrogen) atoms. The van der Waals surface area contributed by atoms with Crippen LogP contribution in [0.4, 0.5) is 13.2 Å². The molecule has 0 bridgehead atoms. The Balaban J connectivity index is 2.53. The second-order valence-electron chi connectivity index (χ2n) is 4.81. The molecule has 1 aromatic rings. The quantitative estimate of drug-likeness (QED) is 0.749. The number of hydrogen-bond acceptors (Lipinski definition) is 4. The highest BCUT2D eigenvalue weighted by molar-refractivity contribution is 5.24. The Hall–Kier alpha value is -1.21. The van der Waals surface area contributed by atoms with Crippen molar-refractivity contribution in [3.63, 3.8) is 0 Å². The molecule has 0 aliphatic carbocycles. The van der Waals surface area contributed by atoms with Crippen LogP contribution in [0.1, 0.15) is 29.7 Å². The fraction of sp³-hybridized carbons (Fsp3) is 0.714. The molecule has 0 saturated heterocycles. The van der Waals surface area contributed by atoms with Crippen molar-refractivity contribution in [2.24, 2.45) is 0 Å². The molecular weight excluding hydrogens is 283 g/mol. The van der Waals surface area contributed by atoms with E-state index in [4.69, 9.17) is 0 Å². The maximum Gasteiger partial charge on any atom is 0.411 e. The lowest BCUT2D eigenvalue weighted by molar-refractivity contribution is -0.173. The number of rotatable bonds is 8. The zero-order valence-electron chi connectivity index (χ0n) is 12.7. The van der Waals surface area contributed by atoms with E-state index in [9.17, 15) is 13.2 Å². The van der Waals surface area contributed by atoms with E-state index < -0.39 is 12.8 Å². The summed E-state index contributed by atoms with van der Waals surface area (Å²) >= 11 is 0. The second-order valence-corrected chi connectivity index (χ2v) is 4.81. The Morgan fingerprint density at radius 1 is 1.10 bits per heavy atom. The number of halogens is 3. The summed E-state index contributed by atoms with van der Waals surface area (Å²) in [5.41, 5.74) is 2.85. The van der Waals surface area contributed by atoms with Crippen molar-refractivity contribution in [1.29, 1.82) is 0 Å². The largest absolute Gasteiger partial charge is 0.411 e. The summed E-state index contributed by atoms with van der Waals surface area (Å²) in [7, 11) is 0. The molecular formula is C14H22F3N3O. The number of ether oxygens (including phenoxy) is 1. The zero-order valence-corrected chi connectivity index (χ0v) is 12.7. The molecule has 0 atom stereocenters. The molecule has 0 spiro atoms. The predicted molar refractivity (Wildman–Crippen MR) is 74.3 cm³/mol. The molecule has 0 aliphatic rings. The summed E-state index contributed by atoms with van der Waals surface area (Å²) in [4.78, 5) is 8.69. The molecule has 0 fully saturated rings. The van der Waals surface area contributed by atoms with Gasteiger partial charge in [0.05, 0.1) is 6.61 Å². The maximum absolute atomic E-state index is 11.9. The number of alkyl halides is 3. The minimum Gasteiger partial charge on any atom is -0.372 e. The Morgan fingerprint density at radius 2 is 1.71 bits per heavy atom. The van der Waals surface area contributed by atoms with E-state index in [0.717, 1.165) is 36.5 Å². The first kappa shape index (κ1) is 17.8. The van der Waals surface area contributed by atoms with E-state index in [-0.39, 0.29) is 13.0 Å². The Kier molecular flexibility index (Phi) is 7.04. The predicted octanol–water partition coefficient (Wildman–Crippen LogP) is 2.37. The summed E-state index contributed by atoms with van der Waals surface area (Å²) in [6.07, 6.45) is -3.16. The molecule has 1 N–H and O–H groups in total. The summed E-state index contributed by atoms with van der Waals surface area (Å²) in [5, 5.41) is 3.24. The lowest BCUT2D eigenvalue weighted by atomic mass is 10.1. The smallest absolute Gasteiger partial charge is 0.372 e. The van der Waals surface area contributed by atoms with Gasteiger partial charge in [-0.1, -0.05) is 6.92 Å². The highest BCUT2D eigenvalue weighted by Crippen LogP contribution is 2.15. The lowest BCUT2D eigenvalue weighted by Gasteiger charge is -2.11. The van der Waals surface area contributed by atoms with Crippen molar-refractivity contribution >= 4 is 0 Å². The first-order valence-electron chi connectivity index (χ1n) is 7.01. The van der Waals surface area contributed by atoms with Gasteiger partial charge in [0.25, 0.3) is 0 Å². The lowest BCUT2D eigenvalue weighted by Crippen LogP contribution is -2.19. The third-order valence-corrected chi connectivity index (χ3v) is 3.00. The first-order chi connectivity index (χ1) is 9.83. The van der Waals surface area contributed by atoms with E-state index >= 15 is 0 Å². The molecule has 7 heteroatoms. The van der Waals surface area contributed by atoms with Crippen LogP contribution in [0.5, 0.6) is 0 Å². The monoisotopic (exact) mass is 305 g/mol. The molecule has 4 nitrogen and oxygen atoms in total. The molecule has 1 aromatic heterocycles. The minimum absolute atomic E-state index is 0.0326. The molecule has 0 aliphatic heterocycles. The van der Waals surface area contributed by atoms with E-state index in [1.807, 2.05) is 20.8 Å². The van der Waals surface area contributed by atoms with Gasteiger partial charge in [-0.3, -0.25) is 0 Å². The minimum atomic E-state index is -4.29. The average Bonchev–Trinajstić information content (AvgIpc) is 2.37. The molecule has 1 rings (SSSR count). The van der Waals surface area contributed by atoms with Gasteiger partial charge in [-0.25, -0.2) is 9.97 Å². The van der Waals surface area contributed by atoms with Gasteiger partial charge in [0.2, 0.25) is 0 Å². The highest BCUT2D eigenvalue weighted by Gasteiger charge is 2.27. The summed E-state index contributed by atoms with van der Waals surface area (Å²) in [6.45, 7) is 6.34. The second kappa shape index (κ2) is 8.29. The molecule has 0 radical (unpaired) electrons. The van der Waals surface area contributed by atoms with Gasteiger partial charge >= 0.3 is 6.18 Å². The number of nitrogens with zero attached hydrogens (tertiary/aromatic N) is 2. The van der Waals surface area contributed by atoms with Crippen LogP contribution in [-0.2, 0) is 17.6 Å². The molecule has 1 heterocycles. The fourth-order valence-corrected chi connectivity index (χ4v) is 2.02. The first-order valence-corrected chi connectivity index (χ1v) is 7.01. The van der Waals surface area contributed by atoms with E-state index in [2.05, 4.69) is 20.0 Å². The fourth-order valence-electron chi connectivity index (χ4n) is 2.02. The molecule has 0 aromatic carbocycles. The summed E-state index contributed by atoms with van der Waals surface area (Å²) in [6, 6.07) is 0. The Morgan fingerprint density at radius 3 is 2.24 bits per heavy atom. The van der Waals surface area contributed by atoms with Gasteiger partial charge < -0.3 is 10.1 Å². The van der Waals surface area contributed by atoms with Crippen molar-refractivity contribution in [2.45, 2.75) is 39.8 Å². The van der Waals surface area contributed by atoms with Crippen LogP contribution in [0.15, 0.2) is 0 Å². The summed E-state index contributed by atoms with van der Waals surface area (Å²) < 4.78 is 40.4. The van der Waals surface area contributed by atoms with Gasteiger partial charge in [0.1, 0.15) is 12.4 Å². The SMILES string of the molecule is CCNCCc1c(C)nc(CCOCC(F)(F)F)nc1C. The number of aryl methyl sites for hydroxylation is 2. The standard InChI is InChI=1S/C14H22F3N3O/c1-4-18-7-5-12-10(2)19-13(20-11(12)3)6-8-21-9-14(15,16)17/h18H,4-9H2,1-3H3. The van der Waals surface area contributed by atoms with Crippen LogP contribution in [0.2, 0.25) is 0 Å². The normalized spacial score (nSPS) is 11.9. The molecule has 0 saturated carbocycles. The van der Waals surface area contributed by atoms with E-state index in [1.165, 1.54) is 0 Å². The third kappa shape index (κ3) is 6.86. The third-order valence-electron chi connectivity index (χ3n) is 3.00. The van der Waals surface area contributed by atoms with Crippen LogP contribution < -0.4 is 5.32 Å². The van der Waals surface area contributed by atoms with Crippen molar-refractivity contribution in [2.75, 3.05) is 26.3 Å². The average molecular weight is 305 g/mol. The van der Waals surface area contributed by atoms with Gasteiger partial charge in [-0.15, -0.1) is 0 Å². The van der Waals surface area contributed by atoms with Crippen molar-refractivity contribution < 1.29 is 17.9 Å². The van der Waals surface area contributed by atoms with Crippen molar-refractivity contribution in [3.8, 4) is 0 Å². The van der Waals surface area contributed by atoms with Crippen LogP contribution in [0, 0.1) is 13.8 Å². The van der Waals surface area contributed by atoms with Gasteiger partial charge in [-0.05, 0) is 38.9 Å². The molecule has 0 amide bonds. The maximum atomic E-state index is 11.9. The highest BCUT2D eigenvalue weighted by atomic mass is 19.4. The number of likely N-dealkylation sites (N-methyl/N-ethyl adjacent to an activating group) is 1. The number of aromatic nitrogens is 2. The Labute approximate surface area is 123 Å². The number of nitrogens with one attached hydrogen (secondary N) is 1. The molecule has 120 valence electrons. The summed E-state index contributed by atoms with van der Waals surface area (Å²) in [5.74, 6) is 0.527. The Bertz CT molecular complexity index is 427. The topological polar surface area (TPSA) is 47.0 Å². The molecule has 0 unspecified atom stereocenters. The van der Waals surface area contributed by atoms with Gasteiger partial charge in [-0.2, -0.15) is 13.2 Å². The van der Waals surface area contributed by atoms with Crippen molar-refractivity contribution in [1.82, 2.24) is 15.3 Å². The van der Waals surface area contributed by atoms with E-state index in [1.54, 1.807) is 0 Å². The van der Waals surface area contributed by atoms with Crippen LogP contribution in [0.25, 0.3) is 0 Å². The van der Waals surface area contributed by atoms with Crippen LogP contribution in [0.3, 0.4) is 0 Å². The van der Waals surface area contributed by atoms with Gasteiger partial charge in [0, 0.05) is 17.8 Å². The van der Waals surface area contributed by atoms with Crippen LogP contribution >= 0.6 is 0 Å². The van der Waals surface area contributed by atoms with Crippen molar-refractivity contribution in [3.05, 3.63) is 22.8 Å². The van der Waals surface area contributed by atoms with E-state index in [0.29, 0.717) is 5.82 Å². The number of hydrogen-bond donors (Lipinski definition) is 1.